The van der Waals surface area contributed by atoms with Crippen LogP contribution in [0.2, 0.25) is 0 Å². The predicted octanol–water partition coefficient (Wildman–Crippen LogP) is -1.19. The molecule has 0 radical (unpaired) electrons. The first-order valence-corrected chi connectivity index (χ1v) is 3.47. The van der Waals surface area contributed by atoms with E-state index in [-0.39, 0.29) is 17.8 Å². The van der Waals surface area contributed by atoms with Crippen LogP contribution in [0.3, 0.4) is 0 Å². The van der Waals surface area contributed by atoms with Crippen molar-refractivity contribution in [1.29, 1.82) is 0 Å². The minimum absolute atomic E-state index is 0.121. The molecule has 9 heavy (non-hydrogen) atoms. The second-order valence-corrected chi connectivity index (χ2v) is 1.98. The Bertz CT molecular complexity index is 95.8. The second-order valence-electron chi connectivity index (χ2n) is 1.42. The molecule has 0 fully saturated rings. The van der Waals surface area contributed by atoms with Gasteiger partial charge in [-0.2, -0.15) is 0 Å². The van der Waals surface area contributed by atoms with Gasteiger partial charge in [-0.15, -0.1) is 0 Å². The van der Waals surface area contributed by atoms with Gasteiger partial charge in [0.15, 0.2) is 6.29 Å². The van der Waals surface area contributed by atoms with Gasteiger partial charge in [0.25, 0.3) is 0 Å². The molecule has 0 spiro atoms. The van der Waals surface area contributed by atoms with Gasteiger partial charge in [-0.3, -0.25) is 4.79 Å². The molecular weight excluding hydrogens is 190 g/mol. The minimum Gasteiger partial charge on any atom is -0.367 e. The van der Waals surface area contributed by atoms with Crippen LogP contribution in [0.15, 0.2) is 0 Å². The highest BCUT2D eigenvalue weighted by Gasteiger charge is 1.99. The molecule has 0 saturated carbocycles. The lowest BCUT2D eigenvalue weighted by Crippen LogP contribution is -2.32. The molecule has 0 bridgehead atoms. The molecule has 3 N–H and O–H groups in total. The molecule has 0 aromatic rings. The van der Waals surface area contributed by atoms with Crippen molar-refractivity contribution in [3.63, 3.8) is 0 Å². The summed E-state index contributed by atoms with van der Waals surface area (Å²) in [6.45, 7) is -0.121. The molecule has 0 saturated heterocycles. The zero-order chi connectivity index (χ0) is 7.28. The molecule has 0 unspecified atom stereocenters. The molecule has 0 aromatic carbocycles. The summed E-state index contributed by atoms with van der Waals surface area (Å²) in [4.78, 5) is 10.3. The Kier molecular flexibility index (Phi) is 4.65. The van der Waals surface area contributed by atoms with Gasteiger partial charge < -0.3 is 15.5 Å². The Morgan fingerprint density at radius 1 is 1.67 bits per heavy atom. The highest BCUT2D eigenvalue weighted by Crippen LogP contribution is 1.78. The zero-order valence-corrected chi connectivity index (χ0v) is 6.26. The maximum atomic E-state index is 10.3. The van der Waals surface area contributed by atoms with Crippen LogP contribution < -0.4 is 5.32 Å². The molecule has 0 atom stereocenters. The first-order chi connectivity index (χ1) is 4.16. The van der Waals surface area contributed by atoms with Crippen LogP contribution in [-0.4, -0.2) is 34.3 Å². The van der Waals surface area contributed by atoms with E-state index in [1.54, 1.807) is 0 Å². The Labute approximate surface area is 61.0 Å². The third kappa shape index (κ3) is 5.75. The molecule has 0 aliphatic heterocycles. The van der Waals surface area contributed by atoms with Crippen molar-refractivity contribution in [2.24, 2.45) is 0 Å². The average molecular weight is 198 g/mol. The van der Waals surface area contributed by atoms with Gasteiger partial charge in [-0.05, 0) is 0 Å². The molecule has 0 aliphatic rings. The molecule has 1 amide bonds. The molecule has 4 nitrogen and oxygen atoms in total. The molecule has 54 valence electrons. The van der Waals surface area contributed by atoms with Gasteiger partial charge in [0.05, 0.1) is 11.9 Å². The monoisotopic (exact) mass is 197 g/mol. The summed E-state index contributed by atoms with van der Waals surface area (Å²) in [6.07, 6.45) is -1.46. The van der Waals surface area contributed by atoms with E-state index >= 15 is 0 Å². The lowest BCUT2D eigenvalue weighted by atomic mass is 10.6. The number of aliphatic hydroxyl groups excluding tert-OH is 1. The van der Waals surface area contributed by atoms with E-state index < -0.39 is 6.29 Å². The highest BCUT2D eigenvalue weighted by molar-refractivity contribution is 9.09. The van der Waals surface area contributed by atoms with Gasteiger partial charge >= 0.3 is 0 Å². The summed E-state index contributed by atoms with van der Waals surface area (Å²) in [5.74, 6) is -0.261. The van der Waals surface area contributed by atoms with Crippen molar-refractivity contribution < 1.29 is 15.0 Å². The van der Waals surface area contributed by atoms with Crippen LogP contribution in [0.1, 0.15) is 0 Å². The summed E-state index contributed by atoms with van der Waals surface area (Å²) in [5.41, 5.74) is 0. The number of carbonyl (C=O) groups is 1. The van der Waals surface area contributed by atoms with Crippen LogP contribution in [0.4, 0.5) is 0 Å². The minimum atomic E-state index is -1.46. The van der Waals surface area contributed by atoms with Gasteiger partial charge in [-0.1, -0.05) is 15.9 Å². The standard InChI is InChI=1S/C4H8BrNO3/c5-1-3(7)6-2-4(8)9/h4,8-9H,1-2H2,(H,6,7). The Morgan fingerprint density at radius 3 is 2.56 bits per heavy atom. The SMILES string of the molecule is O=C(CBr)NCC(O)O. The number of amides is 1. The molecule has 0 heterocycles. The van der Waals surface area contributed by atoms with Gasteiger partial charge in [-0.25, -0.2) is 0 Å². The fraction of sp³-hybridized carbons (Fsp3) is 0.750. The van der Waals surface area contributed by atoms with E-state index in [2.05, 4.69) is 21.2 Å². The highest BCUT2D eigenvalue weighted by atomic mass is 79.9. The van der Waals surface area contributed by atoms with Gasteiger partial charge in [0, 0.05) is 0 Å². The van der Waals surface area contributed by atoms with Crippen LogP contribution in [0.25, 0.3) is 0 Å². The zero-order valence-electron chi connectivity index (χ0n) is 4.67. The summed E-state index contributed by atoms with van der Waals surface area (Å²) in [6, 6.07) is 0. The fourth-order valence-corrected chi connectivity index (χ4v) is 0.451. The Morgan fingerprint density at radius 2 is 2.22 bits per heavy atom. The first-order valence-electron chi connectivity index (χ1n) is 2.35. The number of halogens is 1. The normalized spacial score (nSPS) is 9.78. The first kappa shape index (κ1) is 8.87. The van der Waals surface area contributed by atoms with E-state index in [0.717, 1.165) is 0 Å². The number of hydrogen-bond donors (Lipinski definition) is 3. The topological polar surface area (TPSA) is 69.6 Å². The average Bonchev–Trinajstić information content (AvgIpc) is 1.83. The van der Waals surface area contributed by atoms with E-state index in [0.29, 0.717) is 0 Å². The van der Waals surface area contributed by atoms with E-state index in [1.807, 2.05) is 0 Å². The smallest absolute Gasteiger partial charge is 0.230 e. The third-order valence-electron chi connectivity index (χ3n) is 0.603. The van der Waals surface area contributed by atoms with Gasteiger partial charge in [0.1, 0.15) is 0 Å². The lowest BCUT2D eigenvalue weighted by Gasteiger charge is -2.02. The maximum Gasteiger partial charge on any atom is 0.230 e. The van der Waals surface area contributed by atoms with Crippen molar-refractivity contribution in [3.8, 4) is 0 Å². The molecule has 0 aliphatic carbocycles. The van der Waals surface area contributed by atoms with Crippen molar-refractivity contribution in [2.45, 2.75) is 6.29 Å². The lowest BCUT2D eigenvalue weighted by molar-refractivity contribution is -0.120. The quantitative estimate of drug-likeness (QED) is 0.394. The Hall–Kier alpha value is -0.130. The van der Waals surface area contributed by atoms with Crippen LogP contribution in [-0.2, 0) is 4.79 Å². The second kappa shape index (κ2) is 4.72. The summed E-state index contributed by atoms with van der Waals surface area (Å²) in [5, 5.41) is 18.9. The number of hydrogen-bond acceptors (Lipinski definition) is 3. The largest absolute Gasteiger partial charge is 0.367 e. The molecule has 5 heteroatoms. The van der Waals surface area contributed by atoms with Crippen LogP contribution in [0.5, 0.6) is 0 Å². The molecular formula is C4H8BrNO3. The molecule has 0 rings (SSSR count). The number of carbonyl (C=O) groups excluding carboxylic acids is 1. The molecule has 0 aromatic heterocycles. The maximum absolute atomic E-state index is 10.3. The summed E-state index contributed by atoms with van der Waals surface area (Å²) >= 11 is 2.89. The summed E-state index contributed by atoms with van der Waals surface area (Å²) < 4.78 is 0. The summed E-state index contributed by atoms with van der Waals surface area (Å²) in [7, 11) is 0. The fourth-order valence-electron chi connectivity index (χ4n) is 0.252. The number of nitrogens with one attached hydrogen (secondary N) is 1. The number of rotatable bonds is 3. The number of alkyl halides is 1. The third-order valence-corrected chi connectivity index (χ3v) is 1.11. The van der Waals surface area contributed by atoms with Crippen molar-refractivity contribution in [1.82, 2.24) is 5.32 Å². The van der Waals surface area contributed by atoms with Crippen LogP contribution in [0, 0.1) is 0 Å². The van der Waals surface area contributed by atoms with E-state index in [9.17, 15) is 4.79 Å². The van der Waals surface area contributed by atoms with Crippen molar-refractivity contribution in [2.75, 3.05) is 11.9 Å². The Balaban J connectivity index is 3.17. The van der Waals surface area contributed by atoms with Crippen molar-refractivity contribution in [3.05, 3.63) is 0 Å². The predicted molar refractivity (Wildman–Crippen MR) is 35.0 cm³/mol. The van der Waals surface area contributed by atoms with E-state index in [4.69, 9.17) is 10.2 Å². The van der Waals surface area contributed by atoms with Crippen LogP contribution >= 0.6 is 15.9 Å². The van der Waals surface area contributed by atoms with Gasteiger partial charge in [0.2, 0.25) is 5.91 Å². The van der Waals surface area contributed by atoms with E-state index in [1.165, 1.54) is 0 Å². The number of aliphatic hydroxyl groups is 2. The van der Waals surface area contributed by atoms with Crippen molar-refractivity contribution >= 4 is 21.8 Å².